The molecule has 2 aromatic heterocycles. The van der Waals surface area contributed by atoms with E-state index in [-0.39, 0.29) is 18.4 Å². The van der Waals surface area contributed by atoms with Gasteiger partial charge < -0.3 is 15.4 Å². The SMILES string of the molecule is CC(=O)Nc1cc(C(C)(CO)Cc2ccc(-c3ccc(N)nc3)cc2)no1. The molecule has 0 aliphatic heterocycles. The lowest BCUT2D eigenvalue weighted by Gasteiger charge is -2.24. The Kier molecular flexibility index (Phi) is 5.23. The molecular formula is C20H22N4O3. The van der Waals surface area contributed by atoms with Gasteiger partial charge in [-0.2, -0.15) is 0 Å². The maximum Gasteiger partial charge on any atom is 0.231 e. The van der Waals surface area contributed by atoms with E-state index in [1.807, 2.05) is 37.3 Å². The van der Waals surface area contributed by atoms with Crippen molar-refractivity contribution < 1.29 is 14.4 Å². The second-order valence-corrected chi connectivity index (χ2v) is 6.82. The number of amides is 1. The molecule has 7 heteroatoms. The number of nitrogen functional groups attached to an aromatic ring is 1. The smallest absolute Gasteiger partial charge is 0.231 e. The summed E-state index contributed by atoms with van der Waals surface area (Å²) in [4.78, 5) is 15.2. The van der Waals surface area contributed by atoms with E-state index < -0.39 is 5.41 Å². The first-order valence-electron chi connectivity index (χ1n) is 8.56. The van der Waals surface area contributed by atoms with Gasteiger partial charge in [-0.3, -0.25) is 10.1 Å². The second-order valence-electron chi connectivity index (χ2n) is 6.82. The molecule has 3 rings (SSSR count). The van der Waals surface area contributed by atoms with E-state index in [1.165, 1.54) is 6.92 Å². The fourth-order valence-electron chi connectivity index (χ4n) is 2.86. The van der Waals surface area contributed by atoms with Gasteiger partial charge >= 0.3 is 0 Å². The number of nitrogens with one attached hydrogen (secondary N) is 1. The average Bonchev–Trinajstić information content (AvgIpc) is 3.11. The van der Waals surface area contributed by atoms with Gasteiger partial charge in [0.15, 0.2) is 0 Å². The number of aromatic nitrogens is 2. The molecule has 0 aliphatic rings. The molecule has 0 bridgehead atoms. The van der Waals surface area contributed by atoms with E-state index in [9.17, 15) is 9.90 Å². The monoisotopic (exact) mass is 366 g/mol. The van der Waals surface area contributed by atoms with Gasteiger partial charge in [0.1, 0.15) is 5.82 Å². The van der Waals surface area contributed by atoms with Crippen molar-refractivity contribution in [2.75, 3.05) is 17.7 Å². The molecule has 7 nitrogen and oxygen atoms in total. The van der Waals surface area contributed by atoms with Gasteiger partial charge in [-0.25, -0.2) is 4.98 Å². The molecule has 0 saturated heterocycles. The third kappa shape index (κ3) is 4.32. The molecule has 1 aromatic carbocycles. The molecule has 140 valence electrons. The van der Waals surface area contributed by atoms with Crippen LogP contribution in [-0.4, -0.2) is 27.8 Å². The highest BCUT2D eigenvalue weighted by Gasteiger charge is 2.30. The fourth-order valence-corrected chi connectivity index (χ4v) is 2.86. The largest absolute Gasteiger partial charge is 0.395 e. The molecule has 0 fully saturated rings. The fraction of sp³-hybridized carbons (Fsp3) is 0.250. The van der Waals surface area contributed by atoms with Crippen LogP contribution in [0.4, 0.5) is 11.7 Å². The maximum absolute atomic E-state index is 11.1. The number of nitrogens with two attached hydrogens (primary N) is 1. The molecule has 3 aromatic rings. The van der Waals surface area contributed by atoms with Crippen molar-refractivity contribution in [2.45, 2.75) is 25.7 Å². The Morgan fingerprint density at radius 1 is 1.22 bits per heavy atom. The topological polar surface area (TPSA) is 114 Å². The summed E-state index contributed by atoms with van der Waals surface area (Å²) in [6.07, 6.45) is 2.30. The Morgan fingerprint density at radius 3 is 2.52 bits per heavy atom. The molecular weight excluding hydrogens is 344 g/mol. The van der Waals surface area contributed by atoms with E-state index in [2.05, 4.69) is 15.5 Å². The zero-order valence-corrected chi connectivity index (χ0v) is 15.3. The summed E-state index contributed by atoms with van der Waals surface area (Å²) in [5, 5.41) is 16.5. The number of rotatable bonds is 6. The van der Waals surface area contributed by atoms with Gasteiger partial charge in [-0.1, -0.05) is 36.3 Å². The van der Waals surface area contributed by atoms with Crippen molar-refractivity contribution in [2.24, 2.45) is 0 Å². The first-order chi connectivity index (χ1) is 12.9. The molecule has 1 amide bonds. The number of nitrogens with zero attached hydrogens (tertiary/aromatic N) is 2. The highest BCUT2D eigenvalue weighted by Crippen LogP contribution is 2.30. The van der Waals surface area contributed by atoms with Gasteiger partial charge in [0, 0.05) is 30.2 Å². The summed E-state index contributed by atoms with van der Waals surface area (Å²) in [7, 11) is 0. The second kappa shape index (κ2) is 7.59. The Hall–Kier alpha value is -3.19. The van der Waals surface area contributed by atoms with E-state index in [1.54, 1.807) is 18.3 Å². The van der Waals surface area contributed by atoms with Crippen LogP contribution in [-0.2, 0) is 16.6 Å². The van der Waals surface area contributed by atoms with Crippen LogP contribution < -0.4 is 11.1 Å². The van der Waals surface area contributed by atoms with E-state index in [4.69, 9.17) is 10.3 Å². The van der Waals surface area contributed by atoms with Crippen LogP contribution in [0.1, 0.15) is 25.1 Å². The van der Waals surface area contributed by atoms with E-state index in [0.29, 0.717) is 17.9 Å². The molecule has 1 atom stereocenters. The highest BCUT2D eigenvalue weighted by atomic mass is 16.5. The van der Waals surface area contributed by atoms with Crippen molar-refractivity contribution in [1.82, 2.24) is 10.1 Å². The normalized spacial score (nSPS) is 13.1. The van der Waals surface area contributed by atoms with Crippen molar-refractivity contribution >= 4 is 17.6 Å². The Bertz CT molecular complexity index is 919. The van der Waals surface area contributed by atoms with Crippen molar-refractivity contribution in [3.8, 4) is 11.1 Å². The van der Waals surface area contributed by atoms with Crippen molar-refractivity contribution in [3.05, 3.63) is 59.9 Å². The molecule has 0 saturated carbocycles. The predicted octanol–water partition coefficient (Wildman–Crippen LogP) is 2.77. The van der Waals surface area contributed by atoms with Crippen LogP contribution in [0.15, 0.2) is 53.2 Å². The summed E-state index contributed by atoms with van der Waals surface area (Å²) in [5.74, 6) is 0.514. The quantitative estimate of drug-likeness (QED) is 0.618. The maximum atomic E-state index is 11.1. The molecule has 4 N–H and O–H groups in total. The molecule has 0 spiro atoms. The minimum Gasteiger partial charge on any atom is -0.395 e. The van der Waals surface area contributed by atoms with Crippen LogP contribution in [0.2, 0.25) is 0 Å². The standard InChI is InChI=1S/C20H22N4O3/c1-13(26)23-19-9-17(24-27-19)20(2,12-25)10-14-3-5-15(6-4-14)16-7-8-18(21)22-11-16/h3-9,11,25H,10,12H2,1-2H3,(H2,21,22)(H,23,26). The number of pyridine rings is 1. The van der Waals surface area contributed by atoms with Gasteiger partial charge in [-0.15, -0.1) is 0 Å². The number of benzene rings is 1. The molecule has 0 radical (unpaired) electrons. The van der Waals surface area contributed by atoms with E-state index in [0.717, 1.165) is 16.7 Å². The van der Waals surface area contributed by atoms with Crippen molar-refractivity contribution in [1.29, 1.82) is 0 Å². The summed E-state index contributed by atoms with van der Waals surface area (Å²) in [6.45, 7) is 3.19. The number of carbonyl (C=O) groups is 1. The number of hydrogen-bond donors (Lipinski definition) is 3. The zero-order chi connectivity index (χ0) is 19.4. The number of anilines is 2. The van der Waals surface area contributed by atoms with Crippen LogP contribution in [0.3, 0.4) is 0 Å². The molecule has 2 heterocycles. The zero-order valence-electron chi connectivity index (χ0n) is 15.3. The minimum absolute atomic E-state index is 0.108. The molecule has 1 unspecified atom stereocenters. The summed E-state index contributed by atoms with van der Waals surface area (Å²) in [5.41, 5.74) is 8.64. The number of carbonyl (C=O) groups excluding carboxylic acids is 1. The van der Waals surface area contributed by atoms with Gasteiger partial charge in [0.25, 0.3) is 0 Å². The Balaban J connectivity index is 1.78. The number of aliphatic hydroxyl groups is 1. The number of aliphatic hydroxyl groups excluding tert-OH is 1. The summed E-state index contributed by atoms with van der Waals surface area (Å²) < 4.78 is 5.14. The third-order valence-electron chi connectivity index (χ3n) is 4.44. The first-order valence-corrected chi connectivity index (χ1v) is 8.56. The molecule has 27 heavy (non-hydrogen) atoms. The lowest BCUT2D eigenvalue weighted by Crippen LogP contribution is -2.30. The van der Waals surface area contributed by atoms with Crippen molar-refractivity contribution in [3.63, 3.8) is 0 Å². The van der Waals surface area contributed by atoms with Crippen LogP contribution in [0.5, 0.6) is 0 Å². The third-order valence-corrected chi connectivity index (χ3v) is 4.44. The van der Waals surface area contributed by atoms with Gasteiger partial charge in [0.05, 0.1) is 12.3 Å². The summed E-state index contributed by atoms with van der Waals surface area (Å²) in [6, 6.07) is 13.4. The van der Waals surface area contributed by atoms with Crippen LogP contribution >= 0.6 is 0 Å². The van der Waals surface area contributed by atoms with Gasteiger partial charge in [-0.05, 0) is 29.7 Å². The van der Waals surface area contributed by atoms with Gasteiger partial charge in [0.2, 0.25) is 11.8 Å². The van der Waals surface area contributed by atoms with E-state index >= 15 is 0 Å². The first kappa shape index (κ1) is 18.6. The Morgan fingerprint density at radius 2 is 1.93 bits per heavy atom. The average molecular weight is 366 g/mol. The summed E-state index contributed by atoms with van der Waals surface area (Å²) >= 11 is 0. The van der Waals surface area contributed by atoms with Crippen LogP contribution in [0.25, 0.3) is 11.1 Å². The Labute approximate surface area is 157 Å². The molecule has 0 aliphatic carbocycles. The number of hydrogen-bond acceptors (Lipinski definition) is 6. The minimum atomic E-state index is -0.634. The highest BCUT2D eigenvalue weighted by molar-refractivity contribution is 5.87. The lowest BCUT2D eigenvalue weighted by molar-refractivity contribution is -0.114. The lowest BCUT2D eigenvalue weighted by atomic mass is 9.81. The predicted molar refractivity (Wildman–Crippen MR) is 103 cm³/mol. The van der Waals surface area contributed by atoms with Crippen LogP contribution in [0, 0.1) is 0 Å².